The van der Waals surface area contributed by atoms with Crippen LogP contribution in [0.5, 0.6) is 0 Å². The second-order valence-corrected chi connectivity index (χ2v) is 9.33. The molecule has 1 saturated carbocycles. The Kier molecular flexibility index (Phi) is 8.12. The molecule has 1 aliphatic rings. The highest BCUT2D eigenvalue weighted by Crippen LogP contribution is 2.40. The van der Waals surface area contributed by atoms with Crippen LogP contribution in [-0.2, 0) is 14.3 Å². The van der Waals surface area contributed by atoms with Crippen LogP contribution in [0.3, 0.4) is 0 Å². The third-order valence-electron chi connectivity index (χ3n) is 5.54. The van der Waals surface area contributed by atoms with Crippen molar-refractivity contribution in [1.29, 1.82) is 0 Å². The monoisotopic (exact) mass is 403 g/mol. The van der Waals surface area contributed by atoms with E-state index in [9.17, 15) is 9.59 Å². The summed E-state index contributed by atoms with van der Waals surface area (Å²) in [5.41, 5.74) is 3.15. The summed E-state index contributed by atoms with van der Waals surface area (Å²) in [5.74, 6) is 0.238. The predicted molar refractivity (Wildman–Crippen MR) is 115 cm³/mol. The Bertz CT molecular complexity index is 701. The van der Waals surface area contributed by atoms with Crippen LogP contribution >= 0.6 is 0 Å². The first-order valence-electron chi connectivity index (χ1n) is 10.8. The molecule has 29 heavy (non-hydrogen) atoms. The highest BCUT2D eigenvalue weighted by molar-refractivity contribution is 5.78. The molecule has 162 valence electrons. The Morgan fingerprint density at radius 1 is 1.14 bits per heavy atom. The number of aryl methyl sites for hydroxylation is 2. The molecule has 2 atom stereocenters. The van der Waals surface area contributed by atoms with Crippen LogP contribution in [0.15, 0.2) is 18.2 Å². The fraction of sp³-hybridized carbons (Fsp3) is 0.667. The first-order chi connectivity index (χ1) is 13.6. The number of carbonyl (C=O) groups excluding carboxylic acids is 2. The summed E-state index contributed by atoms with van der Waals surface area (Å²) in [5, 5.41) is 2.49. The summed E-state index contributed by atoms with van der Waals surface area (Å²) in [7, 11) is 0. The molecule has 0 radical (unpaired) electrons. The number of benzene rings is 1. The molecule has 1 N–H and O–H groups in total. The first-order valence-corrected chi connectivity index (χ1v) is 10.8. The maximum absolute atomic E-state index is 12.4. The van der Waals surface area contributed by atoms with E-state index in [0.29, 0.717) is 5.92 Å². The first kappa shape index (κ1) is 23.2. The van der Waals surface area contributed by atoms with Crippen molar-refractivity contribution in [2.75, 3.05) is 6.54 Å². The van der Waals surface area contributed by atoms with E-state index in [4.69, 9.17) is 9.47 Å². The van der Waals surface area contributed by atoms with Gasteiger partial charge >= 0.3 is 12.1 Å². The number of carbonyl (C=O) groups is 2. The number of hydrogen-bond acceptors (Lipinski definition) is 4. The van der Waals surface area contributed by atoms with Gasteiger partial charge in [0.25, 0.3) is 0 Å². The lowest BCUT2D eigenvalue weighted by atomic mass is 9.73. The van der Waals surface area contributed by atoms with Gasteiger partial charge in [0.2, 0.25) is 0 Å². The summed E-state index contributed by atoms with van der Waals surface area (Å²) in [6.45, 7) is 11.4. The van der Waals surface area contributed by atoms with Crippen molar-refractivity contribution in [2.24, 2.45) is 5.92 Å². The maximum Gasteiger partial charge on any atom is 0.408 e. The number of alkyl carbamates (subject to hydrolysis) is 1. The number of nitrogens with one attached hydrogen (secondary N) is 1. The molecular formula is C24H37NO4. The van der Waals surface area contributed by atoms with Gasteiger partial charge in [-0.1, -0.05) is 43.0 Å². The SMILES string of the molecule is Cc1ccc(C(C2CCCCC2)C(C)OC(=O)CNC(=O)OC(C)(C)C)c(C)c1. The average Bonchev–Trinajstić information content (AvgIpc) is 2.61. The van der Waals surface area contributed by atoms with Gasteiger partial charge in [-0.3, -0.25) is 4.79 Å². The number of ether oxygens (including phenoxy) is 2. The van der Waals surface area contributed by atoms with Gasteiger partial charge in [-0.05, 0) is 71.4 Å². The van der Waals surface area contributed by atoms with E-state index in [0.717, 1.165) is 12.8 Å². The molecule has 0 saturated heterocycles. The Morgan fingerprint density at radius 2 is 1.79 bits per heavy atom. The lowest BCUT2D eigenvalue weighted by molar-refractivity contribution is -0.149. The van der Waals surface area contributed by atoms with Crippen molar-refractivity contribution in [3.63, 3.8) is 0 Å². The van der Waals surface area contributed by atoms with Crippen LogP contribution < -0.4 is 5.32 Å². The molecule has 1 aromatic carbocycles. The molecule has 5 heteroatoms. The van der Waals surface area contributed by atoms with Crippen LogP contribution in [0.2, 0.25) is 0 Å². The normalized spacial score (nSPS) is 17.3. The van der Waals surface area contributed by atoms with Crippen molar-refractivity contribution in [3.05, 3.63) is 34.9 Å². The molecule has 0 spiro atoms. The third kappa shape index (κ3) is 7.37. The maximum atomic E-state index is 12.4. The van der Waals surface area contributed by atoms with Crippen LogP contribution in [0, 0.1) is 19.8 Å². The zero-order valence-corrected chi connectivity index (χ0v) is 18.8. The Labute approximate surface area is 175 Å². The van der Waals surface area contributed by atoms with Gasteiger partial charge in [-0.2, -0.15) is 0 Å². The molecule has 1 amide bonds. The van der Waals surface area contributed by atoms with Gasteiger partial charge in [-0.25, -0.2) is 4.79 Å². The molecule has 5 nitrogen and oxygen atoms in total. The number of esters is 1. The van der Waals surface area contributed by atoms with Gasteiger partial charge in [0.05, 0.1) is 0 Å². The van der Waals surface area contributed by atoms with E-state index in [1.807, 2.05) is 6.92 Å². The molecule has 0 aliphatic heterocycles. The summed E-state index contributed by atoms with van der Waals surface area (Å²) in [6, 6.07) is 6.52. The molecule has 1 aromatic rings. The minimum absolute atomic E-state index is 0.168. The zero-order chi connectivity index (χ0) is 21.6. The van der Waals surface area contributed by atoms with E-state index in [2.05, 4.69) is 37.4 Å². The van der Waals surface area contributed by atoms with Crippen molar-refractivity contribution in [1.82, 2.24) is 5.32 Å². The van der Waals surface area contributed by atoms with E-state index in [1.165, 1.54) is 36.0 Å². The van der Waals surface area contributed by atoms with Crippen molar-refractivity contribution >= 4 is 12.1 Å². The van der Waals surface area contributed by atoms with Crippen LogP contribution in [0.25, 0.3) is 0 Å². The molecule has 0 bridgehead atoms. The Balaban J connectivity index is 2.06. The van der Waals surface area contributed by atoms with Gasteiger partial charge in [-0.15, -0.1) is 0 Å². The number of rotatable bonds is 6. The summed E-state index contributed by atoms with van der Waals surface area (Å²) >= 11 is 0. The summed E-state index contributed by atoms with van der Waals surface area (Å²) < 4.78 is 11.0. The largest absolute Gasteiger partial charge is 0.461 e. The topological polar surface area (TPSA) is 64.6 Å². The Morgan fingerprint density at radius 3 is 2.38 bits per heavy atom. The quantitative estimate of drug-likeness (QED) is 0.644. The highest BCUT2D eigenvalue weighted by Gasteiger charge is 2.32. The smallest absolute Gasteiger partial charge is 0.408 e. The molecular weight excluding hydrogens is 366 g/mol. The summed E-state index contributed by atoms with van der Waals surface area (Å²) in [4.78, 5) is 24.2. The van der Waals surface area contributed by atoms with Crippen molar-refractivity contribution in [2.45, 2.75) is 91.3 Å². The average molecular weight is 404 g/mol. The second-order valence-electron chi connectivity index (χ2n) is 9.33. The molecule has 2 rings (SSSR count). The fourth-order valence-corrected chi connectivity index (χ4v) is 4.36. The summed E-state index contributed by atoms with van der Waals surface area (Å²) in [6.07, 6.45) is 5.20. The van der Waals surface area contributed by atoms with Crippen LogP contribution in [0.1, 0.15) is 82.4 Å². The van der Waals surface area contributed by atoms with E-state index >= 15 is 0 Å². The predicted octanol–water partition coefficient (Wildman–Crippen LogP) is 5.42. The van der Waals surface area contributed by atoms with Gasteiger partial charge in [0, 0.05) is 5.92 Å². The molecule has 0 aromatic heterocycles. The lowest BCUT2D eigenvalue weighted by Crippen LogP contribution is -2.38. The Hall–Kier alpha value is -2.04. The van der Waals surface area contributed by atoms with Crippen molar-refractivity contribution in [3.8, 4) is 0 Å². The van der Waals surface area contributed by atoms with E-state index < -0.39 is 17.7 Å². The number of amides is 1. The van der Waals surface area contributed by atoms with Gasteiger partial charge in [0.15, 0.2) is 0 Å². The van der Waals surface area contributed by atoms with Gasteiger partial charge < -0.3 is 14.8 Å². The minimum Gasteiger partial charge on any atom is -0.461 e. The second kappa shape index (κ2) is 10.1. The van der Waals surface area contributed by atoms with E-state index in [-0.39, 0.29) is 18.6 Å². The van der Waals surface area contributed by atoms with Gasteiger partial charge in [0.1, 0.15) is 18.2 Å². The van der Waals surface area contributed by atoms with E-state index in [1.54, 1.807) is 20.8 Å². The molecule has 1 aliphatic carbocycles. The molecule has 0 heterocycles. The number of hydrogen-bond donors (Lipinski definition) is 1. The lowest BCUT2D eigenvalue weighted by Gasteiger charge is -2.35. The third-order valence-corrected chi connectivity index (χ3v) is 5.54. The fourth-order valence-electron chi connectivity index (χ4n) is 4.36. The minimum atomic E-state index is -0.611. The zero-order valence-electron chi connectivity index (χ0n) is 18.8. The van der Waals surface area contributed by atoms with Crippen LogP contribution in [-0.4, -0.2) is 30.3 Å². The molecule has 1 fully saturated rings. The standard InChI is InChI=1S/C24H37NO4/c1-16-12-13-20(17(2)14-16)22(19-10-8-7-9-11-19)18(3)28-21(26)15-25-23(27)29-24(4,5)6/h12-14,18-19,22H,7-11,15H2,1-6H3,(H,25,27). The molecule has 2 unspecified atom stereocenters. The van der Waals surface area contributed by atoms with Crippen molar-refractivity contribution < 1.29 is 19.1 Å². The highest BCUT2D eigenvalue weighted by atomic mass is 16.6. The van der Waals surface area contributed by atoms with Crippen LogP contribution in [0.4, 0.5) is 4.79 Å².